The van der Waals surface area contributed by atoms with Crippen LogP contribution in [0.25, 0.3) is 0 Å². The molecule has 1 N–H and O–H groups in total. The second-order valence-corrected chi connectivity index (χ2v) is 7.54. The summed E-state index contributed by atoms with van der Waals surface area (Å²) in [6, 6.07) is 14.9. The Labute approximate surface area is 147 Å². The molecular weight excluding hydrogens is 336 g/mol. The summed E-state index contributed by atoms with van der Waals surface area (Å²) >= 11 is 0. The minimum absolute atomic E-state index is 0.0617. The summed E-state index contributed by atoms with van der Waals surface area (Å²) in [7, 11) is -3.69. The Kier molecular flexibility index (Phi) is 4.85. The molecular formula is C18H20N4O2S. The van der Waals surface area contributed by atoms with Crippen LogP contribution in [0.15, 0.2) is 59.8 Å². The van der Waals surface area contributed by atoms with E-state index in [1.54, 1.807) is 28.9 Å². The zero-order valence-electron chi connectivity index (χ0n) is 14.2. The molecule has 0 spiro atoms. The standard InChI is InChI=1S/C18H20N4O2S/c1-3-15-8-10-17(11-9-15)25(23,24)21-18-19-13-22(20-18)12-16-6-4-14(2)5-7-16/h4-11,13H,3,12H2,1-2H3,(H,20,21). The van der Waals surface area contributed by atoms with Crippen LogP contribution in [0.5, 0.6) is 0 Å². The van der Waals surface area contributed by atoms with Crippen molar-refractivity contribution in [1.29, 1.82) is 0 Å². The maximum Gasteiger partial charge on any atom is 0.264 e. The van der Waals surface area contributed by atoms with Crippen molar-refractivity contribution < 1.29 is 8.42 Å². The highest BCUT2D eigenvalue weighted by Crippen LogP contribution is 2.14. The quantitative estimate of drug-likeness (QED) is 0.736. The summed E-state index contributed by atoms with van der Waals surface area (Å²) in [5.41, 5.74) is 3.34. The van der Waals surface area contributed by atoms with Crippen LogP contribution in [0.4, 0.5) is 5.95 Å². The fraction of sp³-hybridized carbons (Fsp3) is 0.222. The minimum Gasteiger partial charge on any atom is -0.246 e. The van der Waals surface area contributed by atoms with Crippen LogP contribution < -0.4 is 4.72 Å². The molecule has 130 valence electrons. The van der Waals surface area contributed by atoms with E-state index in [9.17, 15) is 8.42 Å². The molecule has 0 saturated heterocycles. The second kappa shape index (κ2) is 7.06. The van der Waals surface area contributed by atoms with E-state index in [0.29, 0.717) is 6.54 Å². The van der Waals surface area contributed by atoms with E-state index < -0.39 is 10.0 Å². The summed E-state index contributed by atoms with van der Waals surface area (Å²) in [6.07, 6.45) is 2.37. The summed E-state index contributed by atoms with van der Waals surface area (Å²) < 4.78 is 28.8. The van der Waals surface area contributed by atoms with Gasteiger partial charge in [-0.15, -0.1) is 5.10 Å². The summed E-state index contributed by atoms with van der Waals surface area (Å²) in [5.74, 6) is 0.0617. The van der Waals surface area contributed by atoms with Crippen molar-refractivity contribution >= 4 is 16.0 Å². The highest BCUT2D eigenvalue weighted by molar-refractivity contribution is 7.92. The van der Waals surface area contributed by atoms with E-state index in [0.717, 1.165) is 17.5 Å². The topological polar surface area (TPSA) is 76.9 Å². The van der Waals surface area contributed by atoms with Gasteiger partial charge >= 0.3 is 0 Å². The lowest BCUT2D eigenvalue weighted by Gasteiger charge is -2.05. The molecule has 1 aromatic heterocycles. The Morgan fingerprint density at radius 3 is 2.28 bits per heavy atom. The zero-order valence-corrected chi connectivity index (χ0v) is 15.0. The molecule has 0 fully saturated rings. The molecule has 0 bridgehead atoms. The molecule has 0 amide bonds. The lowest BCUT2D eigenvalue weighted by atomic mass is 10.1. The third kappa shape index (κ3) is 4.24. The number of nitrogens with one attached hydrogen (secondary N) is 1. The molecule has 3 rings (SSSR count). The Balaban J connectivity index is 1.72. The molecule has 7 heteroatoms. The molecule has 3 aromatic rings. The van der Waals surface area contributed by atoms with Gasteiger partial charge in [0, 0.05) is 0 Å². The average molecular weight is 356 g/mol. The van der Waals surface area contributed by atoms with Crippen LogP contribution in [0.2, 0.25) is 0 Å². The van der Waals surface area contributed by atoms with Crippen LogP contribution in [-0.2, 0) is 23.0 Å². The number of sulfonamides is 1. The van der Waals surface area contributed by atoms with Crippen molar-refractivity contribution in [2.45, 2.75) is 31.7 Å². The van der Waals surface area contributed by atoms with Crippen LogP contribution in [0.3, 0.4) is 0 Å². The van der Waals surface area contributed by atoms with Crippen molar-refractivity contribution in [3.63, 3.8) is 0 Å². The molecule has 0 saturated carbocycles. The fourth-order valence-electron chi connectivity index (χ4n) is 2.38. The van der Waals surface area contributed by atoms with Gasteiger partial charge in [-0.25, -0.2) is 17.8 Å². The molecule has 0 unspecified atom stereocenters. The Morgan fingerprint density at radius 2 is 1.64 bits per heavy atom. The lowest BCUT2D eigenvalue weighted by molar-refractivity contribution is 0.600. The number of benzene rings is 2. The first kappa shape index (κ1) is 17.2. The number of nitrogens with zero attached hydrogens (tertiary/aromatic N) is 3. The number of hydrogen-bond acceptors (Lipinski definition) is 4. The van der Waals surface area contributed by atoms with Gasteiger partial charge in [-0.2, -0.15) is 4.98 Å². The normalized spacial score (nSPS) is 11.4. The van der Waals surface area contributed by atoms with Crippen LogP contribution in [0, 0.1) is 6.92 Å². The van der Waals surface area contributed by atoms with Gasteiger partial charge in [0.25, 0.3) is 16.0 Å². The van der Waals surface area contributed by atoms with E-state index in [4.69, 9.17) is 0 Å². The first-order chi connectivity index (χ1) is 12.0. The lowest BCUT2D eigenvalue weighted by Crippen LogP contribution is -2.14. The molecule has 2 aromatic carbocycles. The van der Waals surface area contributed by atoms with E-state index in [1.165, 1.54) is 11.9 Å². The number of rotatable bonds is 6. The Bertz CT molecular complexity index is 946. The fourth-order valence-corrected chi connectivity index (χ4v) is 3.33. The van der Waals surface area contributed by atoms with Crippen LogP contribution >= 0.6 is 0 Å². The average Bonchev–Trinajstić information content (AvgIpc) is 3.03. The van der Waals surface area contributed by atoms with E-state index in [1.807, 2.05) is 38.1 Å². The van der Waals surface area contributed by atoms with Gasteiger partial charge < -0.3 is 0 Å². The molecule has 6 nitrogen and oxygen atoms in total. The van der Waals surface area contributed by atoms with Crippen molar-refractivity contribution in [2.75, 3.05) is 4.72 Å². The van der Waals surface area contributed by atoms with Crippen molar-refractivity contribution in [2.24, 2.45) is 0 Å². The molecule has 0 radical (unpaired) electrons. The Morgan fingerprint density at radius 1 is 1.00 bits per heavy atom. The molecule has 0 aliphatic carbocycles. The highest BCUT2D eigenvalue weighted by Gasteiger charge is 2.16. The van der Waals surface area contributed by atoms with Gasteiger partial charge in [0.15, 0.2) is 0 Å². The van der Waals surface area contributed by atoms with Gasteiger partial charge in [-0.05, 0) is 36.6 Å². The summed E-state index contributed by atoms with van der Waals surface area (Å²) in [6.45, 7) is 4.58. The van der Waals surface area contributed by atoms with E-state index in [-0.39, 0.29) is 10.8 Å². The van der Waals surface area contributed by atoms with Crippen LogP contribution in [0.1, 0.15) is 23.6 Å². The van der Waals surface area contributed by atoms with Gasteiger partial charge in [0.1, 0.15) is 6.33 Å². The second-order valence-electron chi connectivity index (χ2n) is 5.85. The Hall–Kier alpha value is -2.67. The smallest absolute Gasteiger partial charge is 0.246 e. The van der Waals surface area contributed by atoms with Crippen molar-refractivity contribution in [3.8, 4) is 0 Å². The third-order valence-corrected chi connectivity index (χ3v) is 5.21. The number of anilines is 1. The predicted molar refractivity (Wildman–Crippen MR) is 96.9 cm³/mol. The number of hydrogen-bond donors (Lipinski definition) is 1. The highest BCUT2D eigenvalue weighted by atomic mass is 32.2. The largest absolute Gasteiger partial charge is 0.264 e. The maximum absolute atomic E-state index is 12.4. The van der Waals surface area contributed by atoms with Gasteiger partial charge in [-0.1, -0.05) is 48.9 Å². The zero-order chi connectivity index (χ0) is 17.9. The summed E-state index contributed by atoms with van der Waals surface area (Å²) in [4.78, 5) is 4.23. The maximum atomic E-state index is 12.4. The van der Waals surface area contributed by atoms with E-state index in [2.05, 4.69) is 14.8 Å². The molecule has 0 atom stereocenters. The van der Waals surface area contributed by atoms with Crippen LogP contribution in [-0.4, -0.2) is 23.2 Å². The molecule has 25 heavy (non-hydrogen) atoms. The predicted octanol–water partition coefficient (Wildman–Crippen LogP) is 3.00. The van der Waals surface area contributed by atoms with Gasteiger partial charge in [0.2, 0.25) is 0 Å². The number of aryl methyl sites for hydroxylation is 2. The van der Waals surface area contributed by atoms with E-state index >= 15 is 0 Å². The minimum atomic E-state index is -3.69. The van der Waals surface area contributed by atoms with Crippen molar-refractivity contribution in [1.82, 2.24) is 14.8 Å². The summed E-state index contributed by atoms with van der Waals surface area (Å²) in [5, 5.41) is 4.19. The SMILES string of the molecule is CCc1ccc(S(=O)(=O)Nc2ncn(Cc3ccc(C)cc3)n2)cc1. The van der Waals surface area contributed by atoms with Gasteiger partial charge in [-0.3, -0.25) is 0 Å². The van der Waals surface area contributed by atoms with Gasteiger partial charge in [0.05, 0.1) is 11.4 Å². The first-order valence-corrected chi connectivity index (χ1v) is 9.51. The molecule has 0 aliphatic heterocycles. The number of aromatic nitrogens is 3. The third-order valence-electron chi connectivity index (χ3n) is 3.87. The van der Waals surface area contributed by atoms with Crippen molar-refractivity contribution in [3.05, 3.63) is 71.5 Å². The monoisotopic (exact) mass is 356 g/mol. The molecule has 0 aliphatic rings. The first-order valence-electron chi connectivity index (χ1n) is 8.03. The molecule has 1 heterocycles.